The Hall–Kier alpha value is -2.75. The number of halogens is 4. The van der Waals surface area contributed by atoms with Crippen LogP contribution in [0.25, 0.3) is 5.78 Å². The molecule has 2 aromatic heterocycles. The lowest BCUT2D eigenvalue weighted by molar-refractivity contribution is -0.144. The van der Waals surface area contributed by atoms with Crippen LogP contribution in [0.3, 0.4) is 0 Å². The third kappa shape index (κ3) is 3.00. The Bertz CT molecular complexity index is 939. The minimum absolute atomic E-state index is 0.0718. The monoisotopic (exact) mass is 356 g/mol. The van der Waals surface area contributed by atoms with Crippen LogP contribution in [0, 0.1) is 6.92 Å². The molecule has 0 unspecified atom stereocenters. The molecule has 1 aromatic carbocycles. The maximum atomic E-state index is 12.7. The van der Waals surface area contributed by atoms with Crippen LogP contribution in [0.2, 0.25) is 5.02 Å². The number of amides is 1. The molecule has 124 valence electrons. The van der Waals surface area contributed by atoms with Crippen molar-refractivity contribution in [2.24, 2.45) is 0 Å². The average Bonchev–Trinajstić information content (AvgIpc) is 2.92. The van der Waals surface area contributed by atoms with Gasteiger partial charge in [0.2, 0.25) is 0 Å². The van der Waals surface area contributed by atoms with Crippen LogP contribution in [0.15, 0.2) is 24.3 Å². The molecule has 2 heterocycles. The van der Waals surface area contributed by atoms with Crippen LogP contribution >= 0.6 is 11.6 Å². The molecule has 1 N–H and O–H groups in total. The van der Waals surface area contributed by atoms with Crippen molar-refractivity contribution in [1.82, 2.24) is 24.8 Å². The topological polar surface area (TPSA) is 85.1 Å². The molecular weight excluding hydrogens is 349 g/mol. The molecule has 24 heavy (non-hydrogen) atoms. The molecule has 0 spiro atoms. The van der Waals surface area contributed by atoms with E-state index in [1.54, 1.807) is 18.2 Å². The number of aromatic nitrogens is 5. The lowest BCUT2D eigenvalue weighted by atomic mass is 10.3. The first-order chi connectivity index (χ1) is 11.3. The van der Waals surface area contributed by atoms with Crippen molar-refractivity contribution in [2.45, 2.75) is 13.1 Å². The van der Waals surface area contributed by atoms with E-state index >= 15 is 0 Å². The van der Waals surface area contributed by atoms with Crippen LogP contribution < -0.4 is 5.32 Å². The number of nitrogens with one attached hydrogen (secondary N) is 1. The van der Waals surface area contributed by atoms with Crippen LogP contribution in [-0.4, -0.2) is 30.7 Å². The number of carbonyl (C=O) groups is 1. The number of carbonyl (C=O) groups excluding carboxylic acids is 1. The zero-order valence-corrected chi connectivity index (χ0v) is 12.7. The van der Waals surface area contributed by atoms with Crippen molar-refractivity contribution >= 4 is 29.0 Å². The molecule has 0 atom stereocenters. The highest BCUT2D eigenvalue weighted by molar-refractivity contribution is 6.30. The number of benzene rings is 1. The molecule has 3 rings (SSSR count). The normalized spacial score (nSPS) is 11.7. The number of alkyl halides is 3. The van der Waals surface area contributed by atoms with Gasteiger partial charge in [-0.2, -0.15) is 22.7 Å². The van der Waals surface area contributed by atoms with E-state index < -0.39 is 17.9 Å². The fourth-order valence-corrected chi connectivity index (χ4v) is 2.14. The highest BCUT2D eigenvalue weighted by Gasteiger charge is 2.37. The summed E-state index contributed by atoms with van der Waals surface area (Å²) in [5, 5.41) is 13.4. The Kier molecular flexibility index (Phi) is 3.84. The summed E-state index contributed by atoms with van der Waals surface area (Å²) in [6, 6.07) is 6.37. The van der Waals surface area contributed by atoms with E-state index in [0.717, 1.165) is 4.52 Å². The summed E-state index contributed by atoms with van der Waals surface area (Å²) in [5.41, 5.74) is 0.298. The van der Waals surface area contributed by atoms with Gasteiger partial charge in [-0.1, -0.05) is 17.7 Å². The number of hydrogen-bond acceptors (Lipinski definition) is 5. The van der Waals surface area contributed by atoms with Gasteiger partial charge in [-0.15, -0.1) is 15.3 Å². The lowest BCUT2D eigenvalue weighted by Gasteiger charge is -2.07. The number of hydrogen-bond donors (Lipinski definition) is 1. The molecule has 0 aliphatic carbocycles. The van der Waals surface area contributed by atoms with Gasteiger partial charge in [0.05, 0.1) is 5.69 Å². The van der Waals surface area contributed by atoms with E-state index in [2.05, 4.69) is 25.6 Å². The molecule has 0 bridgehead atoms. The molecule has 0 radical (unpaired) electrons. The zero-order valence-electron chi connectivity index (χ0n) is 12.0. The standard InChI is InChI=1S/C13H8ClF3N6O/c1-6-9(10(24)18-8-4-2-3-7(14)5-8)20-21-12-19-11(13(15,16)17)22-23(6)12/h2-5H,1H3,(H,18,24). The Labute approximate surface area is 137 Å². The summed E-state index contributed by atoms with van der Waals surface area (Å²) in [6.45, 7) is 1.39. The van der Waals surface area contributed by atoms with Crippen LogP contribution in [-0.2, 0) is 6.18 Å². The van der Waals surface area contributed by atoms with E-state index in [-0.39, 0.29) is 17.2 Å². The molecular formula is C13H8ClF3N6O. The zero-order chi connectivity index (χ0) is 17.5. The summed E-state index contributed by atoms with van der Waals surface area (Å²) in [4.78, 5) is 15.5. The minimum Gasteiger partial charge on any atom is -0.320 e. The molecule has 1 amide bonds. The lowest BCUT2D eigenvalue weighted by Crippen LogP contribution is -2.18. The molecule has 0 aliphatic rings. The summed E-state index contributed by atoms with van der Waals surface area (Å²) < 4.78 is 38.8. The Morgan fingerprint density at radius 2 is 2.04 bits per heavy atom. The highest BCUT2D eigenvalue weighted by Crippen LogP contribution is 2.26. The van der Waals surface area contributed by atoms with Gasteiger partial charge < -0.3 is 5.32 Å². The maximum absolute atomic E-state index is 12.7. The predicted molar refractivity (Wildman–Crippen MR) is 77.7 cm³/mol. The van der Waals surface area contributed by atoms with Gasteiger partial charge in [0.1, 0.15) is 0 Å². The van der Waals surface area contributed by atoms with Gasteiger partial charge in [0, 0.05) is 10.7 Å². The molecule has 11 heteroatoms. The van der Waals surface area contributed by atoms with Crippen molar-refractivity contribution in [2.75, 3.05) is 5.32 Å². The second kappa shape index (κ2) is 5.71. The number of anilines is 1. The first-order valence-corrected chi connectivity index (χ1v) is 6.87. The van der Waals surface area contributed by atoms with Crippen LogP contribution in [0.4, 0.5) is 18.9 Å². The SMILES string of the molecule is Cc1c(C(=O)Nc2cccc(Cl)c2)nnc2nc(C(F)(F)F)nn12. The summed E-state index contributed by atoms with van der Waals surface area (Å²) in [5.74, 6) is -2.36. The van der Waals surface area contributed by atoms with Gasteiger partial charge in [0.15, 0.2) is 5.69 Å². The van der Waals surface area contributed by atoms with Crippen molar-refractivity contribution < 1.29 is 18.0 Å². The second-order valence-corrected chi connectivity index (χ2v) is 5.18. The molecule has 0 fully saturated rings. The van der Waals surface area contributed by atoms with Crippen LogP contribution in [0.1, 0.15) is 22.0 Å². The van der Waals surface area contributed by atoms with E-state index in [9.17, 15) is 18.0 Å². The van der Waals surface area contributed by atoms with Gasteiger partial charge >= 0.3 is 6.18 Å². The molecule has 0 saturated heterocycles. The molecule has 3 aromatic rings. The average molecular weight is 357 g/mol. The number of rotatable bonds is 2. The van der Waals surface area contributed by atoms with Crippen molar-refractivity contribution in [3.05, 3.63) is 46.5 Å². The van der Waals surface area contributed by atoms with E-state index in [1.165, 1.54) is 13.0 Å². The number of fused-ring (bicyclic) bond motifs is 1. The number of nitrogens with zero attached hydrogens (tertiary/aromatic N) is 5. The van der Waals surface area contributed by atoms with Crippen molar-refractivity contribution in [3.8, 4) is 0 Å². The summed E-state index contributed by atoms with van der Waals surface area (Å²) >= 11 is 5.82. The predicted octanol–water partition coefficient (Wildman–Crippen LogP) is 2.75. The van der Waals surface area contributed by atoms with E-state index in [0.29, 0.717) is 10.7 Å². The molecule has 7 nitrogen and oxygen atoms in total. The fourth-order valence-electron chi connectivity index (χ4n) is 1.95. The van der Waals surface area contributed by atoms with Crippen LogP contribution in [0.5, 0.6) is 0 Å². The van der Waals surface area contributed by atoms with Gasteiger partial charge in [-0.25, -0.2) is 0 Å². The van der Waals surface area contributed by atoms with E-state index in [4.69, 9.17) is 11.6 Å². The first-order valence-electron chi connectivity index (χ1n) is 6.50. The number of aryl methyl sites for hydroxylation is 1. The summed E-state index contributed by atoms with van der Waals surface area (Å²) in [7, 11) is 0. The second-order valence-electron chi connectivity index (χ2n) is 4.74. The molecule has 0 saturated carbocycles. The van der Waals surface area contributed by atoms with Gasteiger partial charge in [-0.3, -0.25) is 4.79 Å². The third-order valence-corrected chi connectivity index (χ3v) is 3.28. The largest absolute Gasteiger partial charge is 0.453 e. The molecule has 0 aliphatic heterocycles. The highest BCUT2D eigenvalue weighted by atomic mass is 35.5. The Balaban J connectivity index is 1.97. The third-order valence-electron chi connectivity index (χ3n) is 3.04. The Morgan fingerprint density at radius 3 is 2.71 bits per heavy atom. The smallest absolute Gasteiger partial charge is 0.320 e. The minimum atomic E-state index is -4.72. The van der Waals surface area contributed by atoms with Crippen molar-refractivity contribution in [3.63, 3.8) is 0 Å². The quantitative estimate of drug-likeness (QED) is 0.763. The first kappa shape index (κ1) is 16.1. The van der Waals surface area contributed by atoms with Gasteiger partial charge in [-0.05, 0) is 25.1 Å². The Morgan fingerprint density at radius 1 is 1.29 bits per heavy atom. The van der Waals surface area contributed by atoms with Gasteiger partial charge in [0.25, 0.3) is 17.5 Å². The fraction of sp³-hybridized carbons (Fsp3) is 0.154. The maximum Gasteiger partial charge on any atom is 0.453 e. The van der Waals surface area contributed by atoms with E-state index in [1.807, 2.05) is 0 Å². The van der Waals surface area contributed by atoms with Crippen molar-refractivity contribution in [1.29, 1.82) is 0 Å². The summed E-state index contributed by atoms with van der Waals surface area (Å²) in [6.07, 6.45) is -4.72.